The van der Waals surface area contributed by atoms with Gasteiger partial charge in [-0.2, -0.15) is 0 Å². The Labute approximate surface area is 125 Å². The molecule has 1 unspecified atom stereocenters. The Balaban J connectivity index is 2.06. The van der Waals surface area contributed by atoms with Crippen molar-refractivity contribution >= 4 is 5.91 Å². The SMILES string of the molecule is Cc1cc(C(=O)NC(C)c2ccc(C(C)(C)C)cc2)no1. The minimum atomic E-state index is -0.223. The number of aromatic nitrogens is 1. The van der Waals surface area contributed by atoms with Gasteiger partial charge < -0.3 is 9.84 Å². The van der Waals surface area contributed by atoms with E-state index in [2.05, 4.69) is 55.5 Å². The average molecular weight is 286 g/mol. The van der Waals surface area contributed by atoms with E-state index in [1.165, 1.54) is 5.56 Å². The van der Waals surface area contributed by atoms with Gasteiger partial charge in [0.25, 0.3) is 5.91 Å². The molecule has 1 atom stereocenters. The molecule has 0 aliphatic rings. The molecule has 0 saturated carbocycles. The molecule has 0 radical (unpaired) electrons. The van der Waals surface area contributed by atoms with Crippen molar-refractivity contribution in [2.75, 3.05) is 0 Å². The molecule has 112 valence electrons. The molecule has 1 N–H and O–H groups in total. The van der Waals surface area contributed by atoms with Crippen LogP contribution in [0.15, 0.2) is 34.9 Å². The van der Waals surface area contributed by atoms with E-state index < -0.39 is 0 Å². The second kappa shape index (κ2) is 5.72. The van der Waals surface area contributed by atoms with Gasteiger partial charge in [-0.3, -0.25) is 4.79 Å². The maximum atomic E-state index is 12.0. The maximum Gasteiger partial charge on any atom is 0.273 e. The summed E-state index contributed by atoms with van der Waals surface area (Å²) in [4.78, 5) is 12.0. The van der Waals surface area contributed by atoms with Crippen LogP contribution in [0.1, 0.15) is 61.1 Å². The normalized spacial score (nSPS) is 13.0. The Morgan fingerprint density at radius 3 is 2.33 bits per heavy atom. The minimum Gasteiger partial charge on any atom is -0.361 e. The van der Waals surface area contributed by atoms with Crippen molar-refractivity contribution < 1.29 is 9.32 Å². The van der Waals surface area contributed by atoms with Crippen LogP contribution in [0.25, 0.3) is 0 Å². The van der Waals surface area contributed by atoms with Gasteiger partial charge in [0.1, 0.15) is 5.76 Å². The number of carbonyl (C=O) groups excluding carboxylic acids is 1. The van der Waals surface area contributed by atoms with Crippen molar-refractivity contribution in [1.82, 2.24) is 10.5 Å². The third-order valence-corrected chi connectivity index (χ3v) is 3.48. The summed E-state index contributed by atoms with van der Waals surface area (Å²) >= 11 is 0. The summed E-state index contributed by atoms with van der Waals surface area (Å²) in [7, 11) is 0. The lowest BCUT2D eigenvalue weighted by molar-refractivity contribution is 0.0930. The van der Waals surface area contributed by atoms with Crippen LogP contribution in [0.3, 0.4) is 0 Å². The molecule has 0 saturated heterocycles. The van der Waals surface area contributed by atoms with Crippen LogP contribution < -0.4 is 5.32 Å². The molecule has 2 rings (SSSR count). The highest BCUT2D eigenvalue weighted by atomic mass is 16.5. The van der Waals surface area contributed by atoms with E-state index in [4.69, 9.17) is 4.52 Å². The van der Waals surface area contributed by atoms with E-state index in [1.807, 2.05) is 6.92 Å². The van der Waals surface area contributed by atoms with Crippen LogP contribution in [0, 0.1) is 6.92 Å². The fraction of sp³-hybridized carbons (Fsp3) is 0.412. The van der Waals surface area contributed by atoms with E-state index in [0.29, 0.717) is 11.5 Å². The van der Waals surface area contributed by atoms with E-state index in [1.54, 1.807) is 13.0 Å². The quantitative estimate of drug-likeness (QED) is 0.934. The highest BCUT2D eigenvalue weighted by Crippen LogP contribution is 2.24. The van der Waals surface area contributed by atoms with Crippen LogP contribution in [-0.4, -0.2) is 11.1 Å². The van der Waals surface area contributed by atoms with Gasteiger partial charge in [0.15, 0.2) is 5.69 Å². The summed E-state index contributed by atoms with van der Waals surface area (Å²) in [5.41, 5.74) is 2.78. The van der Waals surface area contributed by atoms with Crippen LogP contribution in [0.2, 0.25) is 0 Å². The molecule has 4 nitrogen and oxygen atoms in total. The van der Waals surface area contributed by atoms with E-state index in [0.717, 1.165) is 5.56 Å². The first-order valence-electron chi connectivity index (χ1n) is 7.12. The van der Waals surface area contributed by atoms with E-state index in [9.17, 15) is 4.79 Å². The summed E-state index contributed by atoms with van der Waals surface area (Å²) in [6.07, 6.45) is 0. The lowest BCUT2D eigenvalue weighted by Crippen LogP contribution is -2.27. The molecular weight excluding hydrogens is 264 g/mol. The third kappa shape index (κ3) is 3.72. The van der Waals surface area contributed by atoms with Gasteiger partial charge in [0, 0.05) is 6.07 Å². The molecule has 1 amide bonds. The first kappa shape index (κ1) is 15.3. The molecule has 2 aromatic rings. The second-order valence-electron chi connectivity index (χ2n) is 6.39. The molecule has 0 bridgehead atoms. The van der Waals surface area contributed by atoms with Gasteiger partial charge in [-0.05, 0) is 30.4 Å². The molecule has 1 aromatic carbocycles. The predicted octanol–water partition coefficient (Wildman–Crippen LogP) is 3.77. The van der Waals surface area contributed by atoms with Gasteiger partial charge in [0.2, 0.25) is 0 Å². The molecule has 0 spiro atoms. The van der Waals surface area contributed by atoms with E-state index >= 15 is 0 Å². The van der Waals surface area contributed by atoms with Crippen LogP contribution in [0.5, 0.6) is 0 Å². The number of nitrogens with zero attached hydrogens (tertiary/aromatic N) is 1. The number of benzene rings is 1. The minimum absolute atomic E-state index is 0.0801. The zero-order valence-electron chi connectivity index (χ0n) is 13.2. The molecule has 0 aliphatic heterocycles. The number of hydrogen-bond donors (Lipinski definition) is 1. The Morgan fingerprint density at radius 2 is 1.86 bits per heavy atom. The van der Waals surface area contributed by atoms with Crippen LogP contribution in [-0.2, 0) is 5.41 Å². The Bertz CT molecular complexity index is 621. The molecule has 0 fully saturated rings. The van der Waals surface area contributed by atoms with Gasteiger partial charge in [-0.25, -0.2) is 0 Å². The van der Waals surface area contributed by atoms with Crippen molar-refractivity contribution in [2.45, 2.75) is 46.1 Å². The van der Waals surface area contributed by atoms with Crippen molar-refractivity contribution in [3.05, 3.63) is 52.9 Å². The highest BCUT2D eigenvalue weighted by Gasteiger charge is 2.16. The number of carbonyl (C=O) groups is 1. The molecular formula is C17H22N2O2. The van der Waals surface area contributed by atoms with Gasteiger partial charge >= 0.3 is 0 Å². The van der Waals surface area contributed by atoms with E-state index in [-0.39, 0.29) is 17.4 Å². The number of rotatable bonds is 3. The molecule has 4 heteroatoms. The molecule has 1 heterocycles. The zero-order valence-corrected chi connectivity index (χ0v) is 13.2. The third-order valence-electron chi connectivity index (χ3n) is 3.48. The second-order valence-corrected chi connectivity index (χ2v) is 6.39. The van der Waals surface area contributed by atoms with Crippen molar-refractivity contribution in [3.8, 4) is 0 Å². The van der Waals surface area contributed by atoms with Crippen LogP contribution >= 0.6 is 0 Å². The summed E-state index contributed by atoms with van der Waals surface area (Å²) in [6.45, 7) is 10.3. The van der Waals surface area contributed by atoms with Crippen molar-refractivity contribution in [2.24, 2.45) is 0 Å². The molecule has 21 heavy (non-hydrogen) atoms. The largest absolute Gasteiger partial charge is 0.361 e. The maximum absolute atomic E-state index is 12.0. The van der Waals surface area contributed by atoms with Gasteiger partial charge in [-0.1, -0.05) is 50.2 Å². The average Bonchev–Trinajstić information content (AvgIpc) is 2.84. The summed E-state index contributed by atoms with van der Waals surface area (Å²) < 4.78 is 4.92. The van der Waals surface area contributed by atoms with Crippen LogP contribution in [0.4, 0.5) is 0 Å². The summed E-state index contributed by atoms with van der Waals surface area (Å²) in [5.74, 6) is 0.404. The topological polar surface area (TPSA) is 55.1 Å². The standard InChI is InChI=1S/C17H22N2O2/c1-11-10-15(19-21-11)16(20)18-12(2)13-6-8-14(9-7-13)17(3,4)5/h6-10,12H,1-5H3,(H,18,20). The number of hydrogen-bond acceptors (Lipinski definition) is 3. The van der Waals surface area contributed by atoms with Crippen molar-refractivity contribution in [3.63, 3.8) is 0 Å². The zero-order chi connectivity index (χ0) is 15.6. The predicted molar refractivity (Wildman–Crippen MR) is 82.3 cm³/mol. The first-order chi connectivity index (χ1) is 9.77. The Hall–Kier alpha value is -2.10. The molecule has 1 aromatic heterocycles. The Morgan fingerprint density at radius 1 is 1.24 bits per heavy atom. The fourth-order valence-electron chi connectivity index (χ4n) is 2.10. The smallest absolute Gasteiger partial charge is 0.273 e. The fourth-order valence-corrected chi connectivity index (χ4v) is 2.10. The van der Waals surface area contributed by atoms with Gasteiger partial charge in [-0.15, -0.1) is 0 Å². The van der Waals surface area contributed by atoms with Gasteiger partial charge in [0.05, 0.1) is 6.04 Å². The monoisotopic (exact) mass is 286 g/mol. The number of aryl methyl sites for hydroxylation is 1. The summed E-state index contributed by atoms with van der Waals surface area (Å²) in [5, 5.41) is 6.64. The number of amides is 1. The molecule has 0 aliphatic carbocycles. The lowest BCUT2D eigenvalue weighted by Gasteiger charge is -2.20. The summed E-state index contributed by atoms with van der Waals surface area (Å²) in [6, 6.07) is 9.88. The Kier molecular flexibility index (Phi) is 4.16. The first-order valence-corrected chi connectivity index (χ1v) is 7.12. The lowest BCUT2D eigenvalue weighted by atomic mass is 9.86. The van der Waals surface area contributed by atoms with Crippen molar-refractivity contribution in [1.29, 1.82) is 0 Å². The highest BCUT2D eigenvalue weighted by molar-refractivity contribution is 5.92. The number of nitrogens with one attached hydrogen (secondary N) is 1.